The SMILES string of the molecule is O=C1N=c2ccccc2=C1c1sc(=O)n(Cc2ccccc2F)c1O. The fourth-order valence-electron chi connectivity index (χ4n) is 2.78. The van der Waals surface area contributed by atoms with Gasteiger partial charge in [-0.05, 0) is 12.1 Å². The number of halogens is 1. The Kier molecular flexibility index (Phi) is 3.58. The third-order valence-electron chi connectivity index (χ3n) is 3.99. The normalized spacial score (nSPS) is 13.0. The van der Waals surface area contributed by atoms with Gasteiger partial charge in [-0.15, -0.1) is 0 Å². The molecular formula is C18H11FN2O3S. The van der Waals surface area contributed by atoms with Crippen LogP contribution in [0.25, 0.3) is 5.57 Å². The van der Waals surface area contributed by atoms with Crippen molar-refractivity contribution < 1.29 is 14.3 Å². The summed E-state index contributed by atoms with van der Waals surface area (Å²) in [6, 6.07) is 12.9. The highest BCUT2D eigenvalue weighted by atomic mass is 32.1. The molecule has 5 nitrogen and oxygen atoms in total. The number of hydrogen-bond acceptors (Lipinski definition) is 4. The van der Waals surface area contributed by atoms with Crippen molar-refractivity contribution in [2.45, 2.75) is 6.54 Å². The van der Waals surface area contributed by atoms with E-state index in [1.54, 1.807) is 36.4 Å². The van der Waals surface area contributed by atoms with Crippen LogP contribution in [0.2, 0.25) is 0 Å². The number of carbonyl (C=O) groups excluding carboxylic acids is 1. The van der Waals surface area contributed by atoms with E-state index in [-0.39, 0.29) is 28.4 Å². The smallest absolute Gasteiger partial charge is 0.310 e. The highest BCUT2D eigenvalue weighted by Gasteiger charge is 2.26. The Morgan fingerprint density at radius 1 is 1.08 bits per heavy atom. The number of aromatic nitrogens is 1. The Labute approximate surface area is 144 Å². The van der Waals surface area contributed by atoms with E-state index in [4.69, 9.17) is 0 Å². The van der Waals surface area contributed by atoms with Crippen LogP contribution in [-0.4, -0.2) is 15.6 Å². The highest BCUT2D eigenvalue weighted by Crippen LogP contribution is 2.28. The lowest BCUT2D eigenvalue weighted by atomic mass is 10.1. The van der Waals surface area contributed by atoms with Crippen molar-refractivity contribution in [2.75, 3.05) is 0 Å². The van der Waals surface area contributed by atoms with E-state index in [1.807, 2.05) is 0 Å². The third-order valence-corrected chi connectivity index (χ3v) is 4.98. The van der Waals surface area contributed by atoms with Crippen LogP contribution in [0, 0.1) is 5.82 Å². The van der Waals surface area contributed by atoms with E-state index in [9.17, 15) is 19.1 Å². The quantitative estimate of drug-likeness (QED) is 0.767. The molecule has 0 saturated carbocycles. The van der Waals surface area contributed by atoms with E-state index in [0.717, 1.165) is 15.9 Å². The molecule has 0 bridgehead atoms. The van der Waals surface area contributed by atoms with Gasteiger partial charge in [-0.2, -0.15) is 0 Å². The van der Waals surface area contributed by atoms with Crippen LogP contribution in [0.1, 0.15) is 10.4 Å². The second-order valence-corrected chi connectivity index (χ2v) is 6.47. The molecule has 3 aromatic rings. The average molecular weight is 354 g/mol. The molecule has 0 saturated heterocycles. The van der Waals surface area contributed by atoms with E-state index in [2.05, 4.69) is 4.99 Å². The van der Waals surface area contributed by atoms with Crippen LogP contribution in [0.5, 0.6) is 5.88 Å². The van der Waals surface area contributed by atoms with Crippen LogP contribution in [-0.2, 0) is 11.3 Å². The maximum Gasteiger partial charge on any atom is 0.310 e. The first-order valence-electron chi connectivity index (χ1n) is 7.45. The summed E-state index contributed by atoms with van der Waals surface area (Å²) in [4.78, 5) is 28.2. The van der Waals surface area contributed by atoms with Gasteiger partial charge in [-0.1, -0.05) is 47.7 Å². The standard InChI is InChI=1S/C18H11FN2O3S/c19-12-7-3-1-5-10(12)9-21-17(23)15(25-18(21)24)14-11-6-2-4-8-13(11)20-16(14)22/h1-8,23H,9H2. The summed E-state index contributed by atoms with van der Waals surface area (Å²) in [5.74, 6) is -1.32. The summed E-state index contributed by atoms with van der Waals surface area (Å²) >= 11 is 0.748. The van der Waals surface area contributed by atoms with Crippen molar-refractivity contribution in [3.05, 3.63) is 85.0 Å². The van der Waals surface area contributed by atoms with Gasteiger partial charge in [0.15, 0.2) is 0 Å². The molecule has 1 amide bonds. The molecule has 1 N–H and O–H groups in total. The largest absolute Gasteiger partial charge is 0.493 e. The van der Waals surface area contributed by atoms with Crippen molar-refractivity contribution >= 4 is 22.8 Å². The molecule has 0 fully saturated rings. The molecule has 7 heteroatoms. The molecule has 4 rings (SSSR count). The van der Waals surface area contributed by atoms with Gasteiger partial charge >= 0.3 is 4.87 Å². The summed E-state index contributed by atoms with van der Waals surface area (Å²) in [7, 11) is 0. The summed E-state index contributed by atoms with van der Waals surface area (Å²) in [5, 5.41) is 11.6. The first-order chi connectivity index (χ1) is 12.1. The Hall–Kier alpha value is -3.06. The van der Waals surface area contributed by atoms with Crippen LogP contribution in [0.4, 0.5) is 4.39 Å². The second kappa shape index (κ2) is 5.78. The molecule has 1 aliphatic rings. The average Bonchev–Trinajstić information content (AvgIpc) is 3.06. The first-order valence-corrected chi connectivity index (χ1v) is 8.26. The molecular weight excluding hydrogens is 343 g/mol. The molecule has 0 unspecified atom stereocenters. The van der Waals surface area contributed by atoms with Crippen molar-refractivity contribution in [1.29, 1.82) is 0 Å². The molecule has 0 radical (unpaired) electrons. The number of carbonyl (C=O) groups is 1. The van der Waals surface area contributed by atoms with Gasteiger partial charge < -0.3 is 5.11 Å². The third kappa shape index (κ3) is 2.49. The zero-order valence-corrected chi connectivity index (χ0v) is 13.6. The Morgan fingerprint density at radius 3 is 2.60 bits per heavy atom. The molecule has 0 atom stereocenters. The van der Waals surface area contributed by atoms with Crippen LogP contribution < -0.4 is 15.4 Å². The maximum absolute atomic E-state index is 13.8. The fourth-order valence-corrected chi connectivity index (χ4v) is 3.72. The molecule has 2 aromatic carbocycles. The van der Waals surface area contributed by atoms with Gasteiger partial charge in [-0.3, -0.25) is 14.2 Å². The van der Waals surface area contributed by atoms with Gasteiger partial charge in [0.2, 0.25) is 5.88 Å². The predicted octanol–water partition coefficient (Wildman–Crippen LogP) is 1.16. The molecule has 25 heavy (non-hydrogen) atoms. The monoisotopic (exact) mass is 354 g/mol. The van der Waals surface area contributed by atoms with E-state index in [0.29, 0.717) is 10.6 Å². The number of nitrogens with zero attached hydrogens (tertiary/aromatic N) is 2. The summed E-state index contributed by atoms with van der Waals surface area (Å²) in [6.45, 7) is -0.117. The summed E-state index contributed by atoms with van der Waals surface area (Å²) in [5.41, 5.74) is 0.472. The lowest BCUT2D eigenvalue weighted by molar-refractivity contribution is -0.112. The zero-order valence-electron chi connectivity index (χ0n) is 12.8. The van der Waals surface area contributed by atoms with Gasteiger partial charge in [0.25, 0.3) is 5.91 Å². The number of aromatic hydroxyl groups is 1. The fraction of sp³-hybridized carbons (Fsp3) is 0.0556. The number of hydrogen-bond donors (Lipinski definition) is 1. The van der Waals surface area contributed by atoms with Gasteiger partial charge in [0, 0.05) is 10.8 Å². The maximum atomic E-state index is 13.8. The minimum atomic E-state index is -0.504. The Balaban J connectivity index is 1.88. The molecule has 0 aliphatic carbocycles. The summed E-state index contributed by atoms with van der Waals surface area (Å²) in [6.07, 6.45) is 0. The van der Waals surface area contributed by atoms with Crippen molar-refractivity contribution in [1.82, 2.24) is 4.57 Å². The minimum Gasteiger partial charge on any atom is -0.493 e. The molecule has 1 aliphatic heterocycles. The molecule has 2 heterocycles. The lowest BCUT2D eigenvalue weighted by Gasteiger charge is -2.05. The topological polar surface area (TPSA) is 71.7 Å². The molecule has 1 aromatic heterocycles. The number of para-hydroxylation sites is 1. The molecule has 0 spiro atoms. The number of fused-ring (bicyclic) bond motifs is 1. The van der Waals surface area contributed by atoms with Crippen molar-refractivity contribution in [3.8, 4) is 5.88 Å². The predicted molar refractivity (Wildman–Crippen MR) is 90.5 cm³/mol. The Bertz CT molecular complexity index is 1190. The number of thiazole rings is 1. The van der Waals surface area contributed by atoms with Gasteiger partial charge in [0.05, 0.1) is 17.5 Å². The lowest BCUT2D eigenvalue weighted by Crippen LogP contribution is -2.22. The Morgan fingerprint density at radius 2 is 1.80 bits per heavy atom. The number of benzene rings is 2. The van der Waals surface area contributed by atoms with E-state index < -0.39 is 16.6 Å². The highest BCUT2D eigenvalue weighted by molar-refractivity contribution is 7.11. The first kappa shape index (κ1) is 15.5. The van der Waals surface area contributed by atoms with Crippen molar-refractivity contribution in [2.24, 2.45) is 4.99 Å². The van der Waals surface area contributed by atoms with Gasteiger partial charge in [-0.25, -0.2) is 9.38 Å². The van der Waals surface area contributed by atoms with Crippen LogP contribution in [0.15, 0.2) is 58.3 Å². The van der Waals surface area contributed by atoms with Crippen LogP contribution >= 0.6 is 11.3 Å². The second-order valence-electron chi connectivity index (χ2n) is 5.51. The van der Waals surface area contributed by atoms with Crippen molar-refractivity contribution in [3.63, 3.8) is 0 Å². The number of rotatable bonds is 3. The van der Waals surface area contributed by atoms with E-state index in [1.165, 1.54) is 12.1 Å². The number of amides is 1. The summed E-state index contributed by atoms with van der Waals surface area (Å²) < 4.78 is 14.9. The minimum absolute atomic E-state index is 0.117. The zero-order chi connectivity index (χ0) is 17.6. The van der Waals surface area contributed by atoms with Gasteiger partial charge in [0.1, 0.15) is 10.7 Å². The van der Waals surface area contributed by atoms with Crippen LogP contribution in [0.3, 0.4) is 0 Å². The van der Waals surface area contributed by atoms with E-state index >= 15 is 0 Å². The molecule has 124 valence electrons.